The molecule has 1 unspecified atom stereocenters. The third-order valence-electron chi connectivity index (χ3n) is 7.61. The molecule has 3 saturated heterocycles. The fourth-order valence-electron chi connectivity index (χ4n) is 6.30. The number of alkyl halides is 1. The SMILES string of the molecule is C=CCN(C(=O)[C@H]1N([C@H](C)CO)C(=O)[C@@H]2[C@@H](C(=O)O)[C@@H]3O[C@@]21CC3Br)C1CCCCC1. The first kappa shape index (κ1) is 22.7. The molecule has 7 atom stereocenters. The van der Waals surface area contributed by atoms with Crippen molar-refractivity contribution in [3.63, 3.8) is 0 Å². The Balaban J connectivity index is 1.77. The minimum Gasteiger partial charge on any atom is -0.481 e. The average Bonchev–Trinajstić information content (AvgIpc) is 3.35. The molecule has 8 nitrogen and oxygen atoms in total. The summed E-state index contributed by atoms with van der Waals surface area (Å²) < 4.78 is 6.27. The Hall–Kier alpha value is -1.45. The van der Waals surface area contributed by atoms with E-state index in [4.69, 9.17) is 4.74 Å². The Morgan fingerprint density at radius 1 is 1.39 bits per heavy atom. The quantitative estimate of drug-likeness (QED) is 0.407. The highest BCUT2D eigenvalue weighted by molar-refractivity contribution is 9.09. The topological polar surface area (TPSA) is 107 Å². The van der Waals surface area contributed by atoms with Crippen LogP contribution in [-0.2, 0) is 19.1 Å². The van der Waals surface area contributed by atoms with E-state index in [1.807, 2.05) is 0 Å². The van der Waals surface area contributed by atoms with Crippen molar-refractivity contribution in [3.05, 3.63) is 12.7 Å². The second-order valence-electron chi connectivity index (χ2n) is 9.35. The summed E-state index contributed by atoms with van der Waals surface area (Å²) in [5.74, 6) is -3.66. The lowest BCUT2D eigenvalue weighted by atomic mass is 9.70. The van der Waals surface area contributed by atoms with E-state index in [-0.39, 0.29) is 23.4 Å². The van der Waals surface area contributed by atoms with Gasteiger partial charge < -0.3 is 24.7 Å². The normalized spacial score (nSPS) is 38.2. The van der Waals surface area contributed by atoms with Gasteiger partial charge in [-0.25, -0.2) is 0 Å². The van der Waals surface area contributed by atoms with Gasteiger partial charge in [-0.3, -0.25) is 14.4 Å². The predicted molar refractivity (Wildman–Crippen MR) is 116 cm³/mol. The summed E-state index contributed by atoms with van der Waals surface area (Å²) in [7, 11) is 0. The van der Waals surface area contributed by atoms with Gasteiger partial charge in [0, 0.05) is 17.4 Å². The molecule has 1 spiro atoms. The fraction of sp³-hybridized carbons (Fsp3) is 0.773. The predicted octanol–water partition coefficient (Wildman–Crippen LogP) is 1.55. The molecule has 31 heavy (non-hydrogen) atoms. The number of carboxylic acids is 1. The first-order valence-electron chi connectivity index (χ1n) is 11.2. The van der Waals surface area contributed by atoms with Gasteiger partial charge in [-0.1, -0.05) is 41.3 Å². The number of halogens is 1. The second kappa shape index (κ2) is 8.48. The summed E-state index contributed by atoms with van der Waals surface area (Å²) in [6.07, 6.45) is 6.45. The van der Waals surface area contributed by atoms with Crippen LogP contribution in [0.15, 0.2) is 12.7 Å². The van der Waals surface area contributed by atoms with Gasteiger partial charge in [-0.05, 0) is 26.2 Å². The van der Waals surface area contributed by atoms with Crippen LogP contribution in [-0.4, -0.2) is 85.6 Å². The molecule has 4 aliphatic rings. The molecule has 2 bridgehead atoms. The van der Waals surface area contributed by atoms with Gasteiger partial charge in [0.1, 0.15) is 11.6 Å². The van der Waals surface area contributed by atoms with Crippen LogP contribution in [0.5, 0.6) is 0 Å². The molecule has 3 heterocycles. The van der Waals surface area contributed by atoms with Crippen molar-refractivity contribution in [2.24, 2.45) is 11.8 Å². The molecule has 4 rings (SSSR count). The molecule has 0 aromatic rings. The molecule has 3 aliphatic heterocycles. The minimum atomic E-state index is -1.20. The lowest BCUT2D eigenvalue weighted by Crippen LogP contribution is -2.60. The number of aliphatic hydroxyl groups excluding tert-OH is 1. The van der Waals surface area contributed by atoms with E-state index < -0.39 is 47.5 Å². The zero-order valence-electron chi connectivity index (χ0n) is 17.8. The fourth-order valence-corrected chi connectivity index (χ4v) is 7.24. The summed E-state index contributed by atoms with van der Waals surface area (Å²) in [5, 5.41) is 19.7. The van der Waals surface area contributed by atoms with Gasteiger partial charge >= 0.3 is 5.97 Å². The number of likely N-dealkylation sites (tertiary alicyclic amines) is 1. The van der Waals surface area contributed by atoms with E-state index in [1.165, 1.54) is 4.90 Å². The molecule has 0 aromatic carbocycles. The van der Waals surface area contributed by atoms with E-state index >= 15 is 0 Å². The minimum absolute atomic E-state index is 0.0599. The van der Waals surface area contributed by atoms with E-state index in [0.29, 0.717) is 13.0 Å². The number of carbonyl (C=O) groups is 3. The molecule has 1 aliphatic carbocycles. The van der Waals surface area contributed by atoms with Crippen molar-refractivity contribution in [3.8, 4) is 0 Å². The van der Waals surface area contributed by atoms with Gasteiger partial charge in [-0.2, -0.15) is 0 Å². The van der Waals surface area contributed by atoms with Crippen molar-refractivity contribution in [1.29, 1.82) is 0 Å². The summed E-state index contributed by atoms with van der Waals surface area (Å²) in [5.41, 5.74) is -1.20. The Bertz CT molecular complexity index is 771. The van der Waals surface area contributed by atoms with Crippen LogP contribution in [0.4, 0.5) is 0 Å². The number of aliphatic carboxylic acids is 1. The summed E-state index contributed by atoms with van der Waals surface area (Å²) in [4.78, 5) is 42.7. The molecule has 4 fully saturated rings. The molecule has 172 valence electrons. The number of rotatable bonds is 7. The van der Waals surface area contributed by atoms with Gasteiger partial charge in [0.15, 0.2) is 0 Å². The van der Waals surface area contributed by atoms with Crippen molar-refractivity contribution >= 4 is 33.7 Å². The van der Waals surface area contributed by atoms with Crippen LogP contribution in [0.2, 0.25) is 0 Å². The van der Waals surface area contributed by atoms with Crippen molar-refractivity contribution in [2.75, 3.05) is 13.2 Å². The second-order valence-corrected chi connectivity index (χ2v) is 10.5. The Morgan fingerprint density at radius 2 is 2.06 bits per heavy atom. The molecular formula is C22H31BrN2O6. The third kappa shape index (κ3) is 3.35. The molecule has 9 heteroatoms. The van der Waals surface area contributed by atoms with E-state index in [1.54, 1.807) is 17.9 Å². The van der Waals surface area contributed by atoms with E-state index in [9.17, 15) is 24.6 Å². The van der Waals surface area contributed by atoms with Gasteiger partial charge in [-0.15, -0.1) is 6.58 Å². The molecule has 2 N–H and O–H groups in total. The Morgan fingerprint density at radius 3 is 2.65 bits per heavy atom. The number of hydrogen-bond donors (Lipinski definition) is 2. The first-order valence-corrected chi connectivity index (χ1v) is 12.1. The molecule has 0 radical (unpaired) electrons. The summed E-state index contributed by atoms with van der Waals surface area (Å²) in [6.45, 7) is 5.54. The number of ether oxygens (including phenoxy) is 1. The maximum absolute atomic E-state index is 14.1. The smallest absolute Gasteiger partial charge is 0.310 e. The number of carboxylic acid groups (broad SMARTS) is 1. The molecule has 0 aromatic heterocycles. The summed E-state index contributed by atoms with van der Waals surface area (Å²) in [6, 6.07) is -1.52. The van der Waals surface area contributed by atoms with Crippen LogP contribution >= 0.6 is 15.9 Å². The van der Waals surface area contributed by atoms with Crippen LogP contribution in [0.1, 0.15) is 45.4 Å². The van der Waals surface area contributed by atoms with E-state index in [2.05, 4.69) is 22.5 Å². The average molecular weight is 499 g/mol. The zero-order chi connectivity index (χ0) is 22.5. The highest BCUT2D eigenvalue weighted by atomic mass is 79.9. The maximum Gasteiger partial charge on any atom is 0.310 e. The van der Waals surface area contributed by atoms with Crippen LogP contribution in [0.25, 0.3) is 0 Å². The van der Waals surface area contributed by atoms with Crippen molar-refractivity contribution < 1.29 is 29.3 Å². The van der Waals surface area contributed by atoms with Crippen molar-refractivity contribution in [2.45, 2.75) is 80.1 Å². The zero-order valence-corrected chi connectivity index (χ0v) is 19.4. The Kier molecular flexibility index (Phi) is 6.22. The van der Waals surface area contributed by atoms with Crippen LogP contribution in [0.3, 0.4) is 0 Å². The monoisotopic (exact) mass is 498 g/mol. The van der Waals surface area contributed by atoms with Crippen LogP contribution in [0, 0.1) is 11.8 Å². The van der Waals surface area contributed by atoms with Crippen LogP contribution < -0.4 is 0 Å². The first-order chi connectivity index (χ1) is 14.8. The standard InChI is InChI=1S/C22H31BrN2O6/c1-3-9-24(13-7-5-4-6-8-13)20(28)18-22-10-14(23)17(31-22)15(21(29)30)16(22)19(27)25(18)12(2)11-26/h3,12-18,26H,1,4-11H2,2H3,(H,29,30)/t12-,14?,15-,16+,17-,18-,22+/m1/s1. The number of amides is 2. The Labute approximate surface area is 190 Å². The number of fused-ring (bicyclic) bond motifs is 1. The van der Waals surface area contributed by atoms with Gasteiger partial charge in [0.25, 0.3) is 0 Å². The highest BCUT2D eigenvalue weighted by Gasteiger charge is 2.77. The number of aliphatic hydroxyl groups is 1. The number of nitrogens with zero attached hydrogens (tertiary/aromatic N) is 2. The lowest BCUT2D eigenvalue weighted by Gasteiger charge is -2.42. The number of carbonyl (C=O) groups excluding carboxylic acids is 2. The van der Waals surface area contributed by atoms with Crippen molar-refractivity contribution in [1.82, 2.24) is 9.80 Å². The van der Waals surface area contributed by atoms with E-state index in [0.717, 1.165) is 32.1 Å². The largest absolute Gasteiger partial charge is 0.481 e. The lowest BCUT2D eigenvalue weighted by molar-refractivity contribution is -0.154. The van der Waals surface area contributed by atoms with Gasteiger partial charge in [0.2, 0.25) is 11.8 Å². The molecule has 2 amide bonds. The summed E-state index contributed by atoms with van der Waals surface area (Å²) >= 11 is 3.54. The number of hydrogen-bond acceptors (Lipinski definition) is 5. The molecular weight excluding hydrogens is 468 g/mol. The highest BCUT2D eigenvalue weighted by Crippen LogP contribution is 2.60. The van der Waals surface area contributed by atoms with Gasteiger partial charge in [0.05, 0.1) is 30.6 Å². The third-order valence-corrected chi connectivity index (χ3v) is 8.45. The maximum atomic E-state index is 14.1. The molecule has 1 saturated carbocycles.